The predicted molar refractivity (Wildman–Crippen MR) is 100 cm³/mol. The number of anilines is 1. The Bertz CT molecular complexity index is 952. The van der Waals surface area contributed by atoms with Gasteiger partial charge in [-0.2, -0.15) is 0 Å². The molecule has 0 spiro atoms. The molecule has 7 heteroatoms. The summed E-state index contributed by atoms with van der Waals surface area (Å²) < 4.78 is 10.1. The predicted octanol–water partition coefficient (Wildman–Crippen LogP) is 4.65. The van der Waals surface area contributed by atoms with Gasteiger partial charge in [0, 0.05) is 28.6 Å². The van der Waals surface area contributed by atoms with Gasteiger partial charge in [-0.3, -0.25) is 9.79 Å². The lowest BCUT2D eigenvalue weighted by Crippen LogP contribution is -2.10. The van der Waals surface area contributed by atoms with Gasteiger partial charge < -0.3 is 19.6 Å². The zero-order valence-corrected chi connectivity index (χ0v) is 14.5. The van der Waals surface area contributed by atoms with Crippen molar-refractivity contribution in [2.75, 3.05) is 12.4 Å². The Labute approximate surface area is 154 Å². The minimum atomic E-state index is -0.353. The molecule has 2 aromatic carbocycles. The molecule has 0 aliphatic heterocycles. The second kappa shape index (κ2) is 7.76. The molecule has 0 aliphatic carbocycles. The Morgan fingerprint density at radius 2 is 2.12 bits per heavy atom. The van der Waals surface area contributed by atoms with E-state index in [1.165, 1.54) is 25.7 Å². The van der Waals surface area contributed by atoms with Crippen LogP contribution in [0, 0.1) is 0 Å². The molecule has 2 N–H and O–H groups in total. The largest absolute Gasteiger partial charge is 0.504 e. The maximum atomic E-state index is 12.0. The smallest absolute Gasteiger partial charge is 0.291 e. The lowest BCUT2D eigenvalue weighted by atomic mass is 10.2. The first-order chi connectivity index (χ1) is 12.6. The summed E-state index contributed by atoms with van der Waals surface area (Å²) in [4.78, 5) is 16.3. The summed E-state index contributed by atoms with van der Waals surface area (Å²) in [6.07, 6.45) is 2.90. The van der Waals surface area contributed by atoms with Crippen molar-refractivity contribution >= 4 is 35.1 Å². The van der Waals surface area contributed by atoms with Crippen LogP contribution in [-0.4, -0.2) is 24.3 Å². The summed E-state index contributed by atoms with van der Waals surface area (Å²) in [6.45, 7) is 0. The summed E-state index contributed by atoms with van der Waals surface area (Å²) in [5.74, 6) is 0.0736. The van der Waals surface area contributed by atoms with Gasteiger partial charge in [-0.1, -0.05) is 17.7 Å². The Kier molecular flexibility index (Phi) is 5.24. The number of nitrogens with one attached hydrogen (secondary N) is 1. The molecular weight excluding hydrogens is 356 g/mol. The number of rotatable bonds is 5. The van der Waals surface area contributed by atoms with Crippen LogP contribution in [0.2, 0.25) is 5.02 Å². The van der Waals surface area contributed by atoms with Crippen LogP contribution < -0.4 is 10.1 Å². The summed E-state index contributed by atoms with van der Waals surface area (Å²) in [6, 6.07) is 13.2. The van der Waals surface area contributed by atoms with Gasteiger partial charge in [0.2, 0.25) is 0 Å². The van der Waals surface area contributed by atoms with Gasteiger partial charge in [0.05, 0.1) is 19.1 Å². The first-order valence-electron chi connectivity index (χ1n) is 7.62. The summed E-state index contributed by atoms with van der Waals surface area (Å²) in [5, 5.41) is 13.3. The molecule has 0 atom stereocenters. The number of phenols is 1. The van der Waals surface area contributed by atoms with Crippen molar-refractivity contribution in [3.63, 3.8) is 0 Å². The van der Waals surface area contributed by atoms with Crippen LogP contribution in [-0.2, 0) is 0 Å². The van der Waals surface area contributed by atoms with E-state index in [0.717, 1.165) is 0 Å². The van der Waals surface area contributed by atoms with Gasteiger partial charge in [0.25, 0.3) is 5.91 Å². The van der Waals surface area contributed by atoms with E-state index in [1.807, 2.05) is 0 Å². The van der Waals surface area contributed by atoms with Crippen molar-refractivity contribution in [2.24, 2.45) is 4.99 Å². The molecule has 1 heterocycles. The van der Waals surface area contributed by atoms with E-state index in [-0.39, 0.29) is 23.2 Å². The molecule has 1 aromatic heterocycles. The Hall–Kier alpha value is -3.25. The first-order valence-corrected chi connectivity index (χ1v) is 8.00. The molecule has 0 saturated carbocycles. The average Bonchev–Trinajstić information content (AvgIpc) is 3.17. The number of methoxy groups -OCH3 is 1. The first kappa shape index (κ1) is 17.6. The van der Waals surface area contributed by atoms with Crippen molar-refractivity contribution < 1.29 is 19.1 Å². The quantitative estimate of drug-likeness (QED) is 0.640. The number of furan rings is 1. The van der Waals surface area contributed by atoms with E-state index in [1.54, 1.807) is 42.5 Å². The molecule has 1 amide bonds. The lowest BCUT2D eigenvalue weighted by molar-refractivity contribution is 0.0996. The fourth-order valence-corrected chi connectivity index (χ4v) is 2.47. The molecule has 0 aliphatic rings. The topological polar surface area (TPSA) is 84.1 Å². The van der Waals surface area contributed by atoms with Crippen molar-refractivity contribution in [2.45, 2.75) is 0 Å². The van der Waals surface area contributed by atoms with Gasteiger partial charge >= 0.3 is 0 Å². The van der Waals surface area contributed by atoms with Crippen molar-refractivity contribution in [1.82, 2.24) is 0 Å². The lowest BCUT2D eigenvalue weighted by Gasteiger charge is -2.07. The van der Waals surface area contributed by atoms with Crippen LogP contribution in [0.25, 0.3) is 0 Å². The number of carbonyl (C=O) groups is 1. The second-order valence-corrected chi connectivity index (χ2v) is 5.72. The molecule has 132 valence electrons. The Balaban J connectivity index is 1.80. The summed E-state index contributed by atoms with van der Waals surface area (Å²) >= 11 is 6.00. The van der Waals surface area contributed by atoms with E-state index >= 15 is 0 Å². The van der Waals surface area contributed by atoms with E-state index in [4.69, 9.17) is 20.8 Å². The highest BCUT2D eigenvalue weighted by Crippen LogP contribution is 2.32. The van der Waals surface area contributed by atoms with Gasteiger partial charge in [0.1, 0.15) is 0 Å². The van der Waals surface area contributed by atoms with E-state index < -0.39 is 0 Å². The summed E-state index contributed by atoms with van der Waals surface area (Å²) in [7, 11) is 1.44. The highest BCUT2D eigenvalue weighted by molar-refractivity contribution is 6.31. The zero-order chi connectivity index (χ0) is 18.5. The number of aromatic hydroxyl groups is 1. The van der Waals surface area contributed by atoms with E-state index in [2.05, 4.69) is 10.3 Å². The fraction of sp³-hybridized carbons (Fsp3) is 0.0526. The highest BCUT2D eigenvalue weighted by Gasteiger charge is 2.10. The minimum absolute atomic E-state index is 0.0528. The van der Waals surface area contributed by atoms with E-state index in [9.17, 15) is 9.90 Å². The number of halogens is 1. The number of phenolic OH excluding ortho intramolecular Hbond substituents is 1. The molecule has 0 fully saturated rings. The molecule has 0 bridgehead atoms. The second-order valence-electron chi connectivity index (χ2n) is 5.29. The van der Waals surface area contributed by atoms with Crippen LogP contribution in [0.1, 0.15) is 16.1 Å². The van der Waals surface area contributed by atoms with Crippen LogP contribution >= 0.6 is 11.6 Å². The Morgan fingerprint density at radius 1 is 1.27 bits per heavy atom. The molecule has 3 rings (SSSR count). The zero-order valence-electron chi connectivity index (χ0n) is 13.8. The third-order valence-electron chi connectivity index (χ3n) is 3.49. The molecule has 0 saturated heterocycles. The van der Waals surface area contributed by atoms with Crippen LogP contribution in [0.4, 0.5) is 11.4 Å². The number of carbonyl (C=O) groups excluding carboxylic acids is 1. The number of benzene rings is 2. The number of aliphatic imine (C=N–C) groups is 1. The van der Waals surface area contributed by atoms with Crippen molar-refractivity contribution in [3.8, 4) is 11.5 Å². The van der Waals surface area contributed by atoms with E-state index in [0.29, 0.717) is 22.0 Å². The number of hydrogen-bond donors (Lipinski definition) is 2. The van der Waals surface area contributed by atoms with Gasteiger partial charge in [-0.05, 0) is 36.4 Å². The monoisotopic (exact) mass is 370 g/mol. The van der Waals surface area contributed by atoms with Gasteiger partial charge in [-0.15, -0.1) is 0 Å². The molecule has 0 unspecified atom stereocenters. The SMILES string of the molecule is COc1cc(Cl)cc(C=Nc2cccc(NC(=O)c3ccco3)c2)c1O. The fourth-order valence-electron chi connectivity index (χ4n) is 2.26. The maximum Gasteiger partial charge on any atom is 0.291 e. The average molecular weight is 371 g/mol. The minimum Gasteiger partial charge on any atom is -0.504 e. The number of amides is 1. The van der Waals surface area contributed by atoms with Crippen LogP contribution in [0.5, 0.6) is 11.5 Å². The van der Waals surface area contributed by atoms with Crippen molar-refractivity contribution in [1.29, 1.82) is 0 Å². The molecule has 26 heavy (non-hydrogen) atoms. The van der Waals surface area contributed by atoms with Crippen LogP contribution in [0.3, 0.4) is 0 Å². The van der Waals surface area contributed by atoms with Gasteiger partial charge in [0.15, 0.2) is 17.3 Å². The highest BCUT2D eigenvalue weighted by atomic mass is 35.5. The number of ether oxygens (including phenoxy) is 1. The van der Waals surface area contributed by atoms with Gasteiger partial charge in [-0.25, -0.2) is 0 Å². The Morgan fingerprint density at radius 3 is 2.85 bits per heavy atom. The number of nitrogens with zero attached hydrogens (tertiary/aromatic N) is 1. The summed E-state index contributed by atoms with van der Waals surface area (Å²) in [5.41, 5.74) is 1.56. The maximum absolute atomic E-state index is 12.0. The molecule has 0 radical (unpaired) electrons. The standard InChI is InChI=1S/C19H15ClN2O4/c1-25-17-9-13(20)8-12(18(17)23)11-21-14-4-2-5-15(10-14)22-19(24)16-6-3-7-26-16/h2-11,23H,1H3,(H,22,24). The van der Waals surface area contributed by atoms with Crippen LogP contribution in [0.15, 0.2) is 64.2 Å². The molecule has 6 nitrogen and oxygen atoms in total. The third-order valence-corrected chi connectivity index (χ3v) is 3.71. The molecule has 3 aromatic rings. The molecular formula is C19H15ClN2O4. The van der Waals surface area contributed by atoms with Crippen molar-refractivity contribution in [3.05, 3.63) is 71.1 Å². The third kappa shape index (κ3) is 4.04. The number of hydrogen-bond acceptors (Lipinski definition) is 5. The normalized spacial score (nSPS) is 10.8.